The Bertz CT molecular complexity index is 1920. The average Bonchev–Trinajstić information content (AvgIpc) is 3.91. The van der Waals surface area contributed by atoms with E-state index in [1.807, 2.05) is 13.8 Å². The predicted octanol–water partition coefficient (Wildman–Crippen LogP) is 0.428. The molecule has 0 aromatic rings. The first-order chi connectivity index (χ1) is 33.8. The molecule has 0 aliphatic carbocycles. The molecule has 74 heavy (non-hydrogen) atoms. The third-order valence-corrected chi connectivity index (χ3v) is 10.6. The smallest absolute Gasteiger partial charge is 0.333 e. The van der Waals surface area contributed by atoms with Crippen LogP contribution in [0.2, 0.25) is 0 Å². The van der Waals surface area contributed by atoms with E-state index < -0.39 is 41.5 Å². The van der Waals surface area contributed by atoms with Crippen molar-refractivity contribution in [1.29, 1.82) is 0 Å². The molecule has 3 aliphatic heterocycles. The second-order valence-electron chi connectivity index (χ2n) is 17.0. The molecule has 26 nitrogen and oxygen atoms in total. The Kier molecular flexibility index (Phi) is 34.7. The molecule has 0 bridgehead atoms. The van der Waals surface area contributed by atoms with Crippen LogP contribution < -0.4 is 31.9 Å². The minimum atomic E-state index is -0.862. The van der Waals surface area contributed by atoms with Crippen LogP contribution in [0.3, 0.4) is 0 Å². The first kappa shape index (κ1) is 69.3. The highest BCUT2D eigenvalue weighted by atomic mass is 32.2. The second kappa shape index (κ2) is 37.0. The molecule has 3 heterocycles. The number of hydrogen-bond acceptors (Lipinski definition) is 18. The highest BCUT2D eigenvalue weighted by Gasteiger charge is 2.40. The van der Waals surface area contributed by atoms with Gasteiger partial charge in [0.25, 0.3) is 35.4 Å². The van der Waals surface area contributed by atoms with Gasteiger partial charge in [0.15, 0.2) is 0 Å². The summed E-state index contributed by atoms with van der Waals surface area (Å²) in [6, 6.07) is 0. The van der Waals surface area contributed by atoms with Gasteiger partial charge in [0.1, 0.15) is 0 Å². The monoisotopic (exact) mass is 1070 g/mol. The van der Waals surface area contributed by atoms with Crippen LogP contribution in [-0.4, -0.2) is 154 Å². The van der Waals surface area contributed by atoms with E-state index in [9.17, 15) is 67.1 Å². The van der Waals surface area contributed by atoms with Crippen LogP contribution >= 0.6 is 11.8 Å². The van der Waals surface area contributed by atoms with Gasteiger partial charge in [-0.25, -0.2) is 9.59 Å². The average molecular weight is 1070 g/mol. The molecular formula is C47H77N9O17S. The molecule has 0 spiro atoms. The van der Waals surface area contributed by atoms with Crippen molar-refractivity contribution in [2.24, 2.45) is 17.8 Å². The maximum Gasteiger partial charge on any atom is 0.333 e. The number of nitrogens with zero attached hydrogens (tertiary/aromatic N) is 3. The van der Waals surface area contributed by atoms with Gasteiger partial charge in [-0.15, -0.1) is 16.8 Å². The van der Waals surface area contributed by atoms with Crippen LogP contribution in [0.5, 0.6) is 0 Å². The summed E-state index contributed by atoms with van der Waals surface area (Å²) in [6.45, 7) is 16.5. The van der Waals surface area contributed by atoms with Crippen molar-refractivity contribution >= 4 is 94.6 Å². The first-order valence-corrected chi connectivity index (χ1v) is 24.4. The molecule has 2 saturated heterocycles. The lowest BCUT2D eigenvalue weighted by Gasteiger charge is -2.15. The Morgan fingerprint density at radius 2 is 0.878 bits per heavy atom. The Labute approximate surface area is 436 Å². The maximum atomic E-state index is 12.1. The summed E-state index contributed by atoms with van der Waals surface area (Å²) in [5.41, 5.74) is 0. The molecule has 6 N–H and O–H groups in total. The van der Waals surface area contributed by atoms with Crippen LogP contribution in [0.1, 0.15) is 128 Å². The molecule has 12 amide bonds. The van der Waals surface area contributed by atoms with Gasteiger partial charge in [0.05, 0.1) is 31.1 Å². The summed E-state index contributed by atoms with van der Waals surface area (Å²) in [5.74, 6) is -6.53. The normalized spacial score (nSPS) is 14.6. The van der Waals surface area contributed by atoms with Gasteiger partial charge >= 0.3 is 11.9 Å². The summed E-state index contributed by atoms with van der Waals surface area (Å²) in [5, 5.41) is 17.2. The number of amides is 12. The number of imide groups is 3. The number of thioether (sulfide) groups is 1. The van der Waals surface area contributed by atoms with Crippen molar-refractivity contribution in [2.75, 3.05) is 45.9 Å². The van der Waals surface area contributed by atoms with Crippen molar-refractivity contribution in [1.82, 2.24) is 47.1 Å². The molecule has 3 aliphatic rings. The Hall–Kier alpha value is -6.77. The fourth-order valence-corrected chi connectivity index (χ4v) is 6.55. The Balaban J connectivity index is 0. The fourth-order valence-electron chi connectivity index (χ4n) is 5.44. The van der Waals surface area contributed by atoms with Crippen LogP contribution in [0.4, 0.5) is 0 Å². The number of hydrogen-bond donors (Lipinski definition) is 6. The van der Waals surface area contributed by atoms with Gasteiger partial charge in [-0.1, -0.05) is 75.3 Å². The summed E-state index contributed by atoms with van der Waals surface area (Å²) < 4.78 is 0. The number of hydroxylamine groups is 6. The zero-order valence-electron chi connectivity index (χ0n) is 42.0. The Morgan fingerprint density at radius 1 is 0.514 bits per heavy atom. The number of nitrogens with one attached hydrogen (secondary N) is 6. The quantitative estimate of drug-likeness (QED) is 0.0480. The number of carbonyl (C=O) groups is 14. The molecule has 0 radical (unpaired) electrons. The van der Waals surface area contributed by atoms with Gasteiger partial charge in [-0.05, 0) is 11.7 Å². The molecule has 0 saturated carbocycles. The van der Waals surface area contributed by atoms with Crippen LogP contribution in [0, 0.1) is 17.8 Å². The molecule has 3 rings (SSSR count). The first-order valence-electron chi connectivity index (χ1n) is 23.5. The lowest BCUT2D eigenvalue weighted by atomic mass is 10.2. The second-order valence-corrected chi connectivity index (χ2v) is 18.8. The molecule has 1 atom stereocenters. The number of rotatable bonds is 27. The van der Waals surface area contributed by atoms with Crippen molar-refractivity contribution in [3.63, 3.8) is 0 Å². The predicted molar refractivity (Wildman–Crippen MR) is 267 cm³/mol. The van der Waals surface area contributed by atoms with E-state index in [0.29, 0.717) is 36.2 Å². The topological polar surface area (TPSA) is 349 Å². The zero-order valence-corrected chi connectivity index (χ0v) is 42.9. The van der Waals surface area contributed by atoms with E-state index in [4.69, 9.17) is 4.84 Å². The van der Waals surface area contributed by atoms with Gasteiger partial charge in [0.2, 0.25) is 35.4 Å². The number of carbonyl (C=O) groups excluding carboxylic acids is 14. The summed E-state index contributed by atoms with van der Waals surface area (Å²) >= 11 is 1.45. The largest absolute Gasteiger partial charge is 0.354 e. The van der Waals surface area contributed by atoms with Gasteiger partial charge < -0.3 is 41.6 Å². The van der Waals surface area contributed by atoms with E-state index >= 15 is 0 Å². The molecule has 27 heteroatoms. The van der Waals surface area contributed by atoms with Gasteiger partial charge in [0, 0.05) is 101 Å². The molecule has 0 aromatic heterocycles. The summed E-state index contributed by atoms with van der Waals surface area (Å²) in [4.78, 5) is 175. The van der Waals surface area contributed by atoms with E-state index in [2.05, 4.69) is 41.6 Å². The van der Waals surface area contributed by atoms with Crippen molar-refractivity contribution in [3.05, 3.63) is 12.2 Å². The van der Waals surface area contributed by atoms with Crippen molar-refractivity contribution < 1.29 is 81.6 Å². The maximum absolute atomic E-state index is 12.1. The fraction of sp³-hybridized carbons (Fsp3) is 0.660. The molecule has 0 aromatic carbocycles. The van der Waals surface area contributed by atoms with E-state index in [-0.39, 0.29) is 162 Å². The lowest BCUT2D eigenvalue weighted by molar-refractivity contribution is -0.197. The summed E-state index contributed by atoms with van der Waals surface area (Å²) in [6.07, 6.45) is 1.97. The van der Waals surface area contributed by atoms with E-state index in [0.717, 1.165) is 17.2 Å². The van der Waals surface area contributed by atoms with Crippen molar-refractivity contribution in [2.45, 2.75) is 139 Å². The molecule has 1 unspecified atom stereocenters. The molecular weight excluding hydrogens is 995 g/mol. The van der Waals surface area contributed by atoms with Crippen LogP contribution in [-0.2, 0) is 81.6 Å². The standard InChI is InChI=1S/C17H29N3O5S.C14H21N3O6.C14H19N3O6.2CH4/c1-11(2)16(23)19-8-7-18-14(21)6-5-9-25-20-15(22)10-13(17(20)24)26-12(3)4;2*1-9(2)14(22)16-8-7-15-10(18)3-6-13(21)23-17-11(19)4-5-12(17)20;;/h11-13H,5-10H2,1-4H3,(H,18,21)(H,19,23);9H,3-8H2,1-2H3,(H,15,18)(H,16,22);4-5,9H,3,6-8H2,1-2H3,(H,15,18)(H,16,22);2*1H4. The zero-order chi connectivity index (χ0) is 54.5. The van der Waals surface area contributed by atoms with Crippen LogP contribution in [0.25, 0.3) is 0 Å². The van der Waals surface area contributed by atoms with Gasteiger partial charge in [-0.3, -0.25) is 62.4 Å². The van der Waals surface area contributed by atoms with Crippen LogP contribution in [0.15, 0.2) is 12.2 Å². The Morgan fingerprint density at radius 3 is 1.26 bits per heavy atom. The van der Waals surface area contributed by atoms with E-state index in [1.54, 1.807) is 41.5 Å². The lowest BCUT2D eigenvalue weighted by Crippen LogP contribution is -2.36. The minimum absolute atomic E-state index is 0. The summed E-state index contributed by atoms with van der Waals surface area (Å²) in [7, 11) is 0. The van der Waals surface area contributed by atoms with Crippen molar-refractivity contribution in [3.8, 4) is 0 Å². The van der Waals surface area contributed by atoms with Gasteiger partial charge in [-0.2, -0.15) is 5.06 Å². The molecule has 2 fully saturated rings. The van der Waals surface area contributed by atoms with E-state index in [1.165, 1.54) is 11.8 Å². The molecule has 418 valence electrons. The SMILES string of the molecule is C.C.CC(C)C(=O)NCCNC(=O)CCC(=O)ON1C(=O)C=CC1=O.CC(C)C(=O)NCCNC(=O)CCC(=O)ON1C(=O)CCC1=O.CC(C)SC1CC(=O)N(OCCCC(=O)NCCNC(=O)C(C)C)C1=O. The highest BCUT2D eigenvalue weighted by molar-refractivity contribution is 8.01. The minimum Gasteiger partial charge on any atom is -0.354 e. The highest BCUT2D eigenvalue weighted by Crippen LogP contribution is 2.28. The third kappa shape index (κ3) is 28.5. The third-order valence-electron chi connectivity index (χ3n) is 9.35.